The topological polar surface area (TPSA) is 55.0 Å². The molecule has 16 heavy (non-hydrogen) atoms. The van der Waals surface area contributed by atoms with Gasteiger partial charge in [-0.2, -0.15) is 5.26 Å². The molecular weight excluding hydrogens is 204 g/mol. The van der Waals surface area contributed by atoms with Crippen molar-refractivity contribution >= 4 is 0 Å². The third kappa shape index (κ3) is 1.40. The summed E-state index contributed by atoms with van der Waals surface area (Å²) in [4.78, 5) is 12.1. The largest absolute Gasteiger partial charge is 0.478 e. The Bertz CT molecular complexity index is 523. The molecule has 1 aliphatic heterocycles. The van der Waals surface area contributed by atoms with Gasteiger partial charge < -0.3 is 4.74 Å². The van der Waals surface area contributed by atoms with Crippen LogP contribution < -0.4 is 10.3 Å². The highest BCUT2D eigenvalue weighted by Gasteiger charge is 2.21. The number of ether oxygens (including phenoxy) is 1. The second-order valence-corrected chi connectivity index (χ2v) is 3.91. The summed E-state index contributed by atoms with van der Waals surface area (Å²) in [5.41, 5.74) is 2.00. The van der Waals surface area contributed by atoms with Gasteiger partial charge in [-0.1, -0.05) is 6.92 Å². The van der Waals surface area contributed by atoms with E-state index in [1.165, 1.54) is 0 Å². The normalized spacial score (nSPS) is 13.8. The molecule has 0 bridgehead atoms. The van der Waals surface area contributed by atoms with Crippen LogP contribution in [0.2, 0.25) is 0 Å². The molecule has 0 N–H and O–H groups in total. The summed E-state index contributed by atoms with van der Waals surface area (Å²) in [6, 6.07) is 2.14. The molecule has 4 nitrogen and oxygen atoms in total. The van der Waals surface area contributed by atoms with Crippen LogP contribution in [0, 0.1) is 18.3 Å². The zero-order chi connectivity index (χ0) is 11.7. The van der Waals surface area contributed by atoms with Gasteiger partial charge in [-0.3, -0.25) is 9.36 Å². The number of pyridine rings is 1. The molecule has 84 valence electrons. The first-order chi connectivity index (χ1) is 7.70. The number of hydrogen-bond acceptors (Lipinski definition) is 3. The maximum Gasteiger partial charge on any atom is 0.256 e. The molecule has 1 aromatic heterocycles. The molecule has 4 heteroatoms. The second kappa shape index (κ2) is 4.01. The molecule has 0 unspecified atom stereocenters. The van der Waals surface area contributed by atoms with Gasteiger partial charge in [-0.15, -0.1) is 0 Å². The predicted molar refractivity (Wildman–Crippen MR) is 59.6 cm³/mol. The maximum absolute atomic E-state index is 12.1. The first-order valence-corrected chi connectivity index (χ1v) is 5.49. The summed E-state index contributed by atoms with van der Waals surface area (Å²) >= 11 is 0. The average molecular weight is 218 g/mol. The summed E-state index contributed by atoms with van der Waals surface area (Å²) in [5, 5.41) is 9.14. The van der Waals surface area contributed by atoms with Crippen molar-refractivity contribution in [3.63, 3.8) is 0 Å². The maximum atomic E-state index is 12.1. The Hall–Kier alpha value is -1.76. The number of hydrogen-bond donors (Lipinski definition) is 0. The molecule has 0 aliphatic carbocycles. The van der Waals surface area contributed by atoms with Crippen LogP contribution in [0.1, 0.15) is 30.0 Å². The first-order valence-electron chi connectivity index (χ1n) is 5.49. The van der Waals surface area contributed by atoms with Crippen LogP contribution in [0.5, 0.6) is 5.88 Å². The van der Waals surface area contributed by atoms with Crippen molar-refractivity contribution in [2.45, 2.75) is 33.2 Å². The van der Waals surface area contributed by atoms with E-state index >= 15 is 0 Å². The number of fused-ring (bicyclic) bond motifs is 1. The summed E-state index contributed by atoms with van der Waals surface area (Å²) < 4.78 is 7.04. The number of nitrogens with zero attached hydrogens (tertiary/aromatic N) is 2. The summed E-state index contributed by atoms with van der Waals surface area (Å²) in [7, 11) is 0. The molecule has 0 fully saturated rings. The van der Waals surface area contributed by atoms with Crippen LogP contribution in [-0.4, -0.2) is 11.2 Å². The highest BCUT2D eigenvalue weighted by Crippen LogP contribution is 2.24. The Balaban J connectivity index is 2.81. The molecule has 0 aromatic carbocycles. The fourth-order valence-electron chi connectivity index (χ4n) is 2.15. The van der Waals surface area contributed by atoms with Crippen LogP contribution >= 0.6 is 0 Å². The molecule has 0 amide bonds. The number of nitriles is 1. The number of rotatable bonds is 1. The highest BCUT2D eigenvalue weighted by molar-refractivity contribution is 5.48. The Morgan fingerprint density at radius 3 is 2.94 bits per heavy atom. The fraction of sp³-hybridized carbons (Fsp3) is 0.500. The molecule has 1 aliphatic rings. The van der Waals surface area contributed by atoms with E-state index in [9.17, 15) is 4.79 Å². The SMILES string of the molecule is CCc1c(C)c(C#N)c2n(c1=O)CCCO2. The van der Waals surface area contributed by atoms with Gasteiger partial charge in [0.25, 0.3) is 5.56 Å². The van der Waals surface area contributed by atoms with Crippen LogP contribution in [0.4, 0.5) is 0 Å². The van der Waals surface area contributed by atoms with Gasteiger partial charge in [-0.05, 0) is 25.3 Å². The van der Waals surface area contributed by atoms with E-state index in [2.05, 4.69) is 6.07 Å². The molecular formula is C12H14N2O2. The standard InChI is InChI=1S/C12H14N2O2/c1-3-9-8(2)10(7-13)12-14(11(9)15)5-4-6-16-12/h3-6H2,1-2H3. The summed E-state index contributed by atoms with van der Waals surface area (Å²) in [5.74, 6) is 0.452. The van der Waals surface area contributed by atoms with Crippen molar-refractivity contribution in [3.05, 3.63) is 27.0 Å². The van der Waals surface area contributed by atoms with Gasteiger partial charge in [0.1, 0.15) is 11.6 Å². The predicted octanol–water partition coefficient (Wildman–Crippen LogP) is 1.37. The molecule has 0 saturated carbocycles. The Labute approximate surface area is 94.1 Å². The van der Waals surface area contributed by atoms with Crippen molar-refractivity contribution < 1.29 is 4.74 Å². The smallest absolute Gasteiger partial charge is 0.256 e. The monoisotopic (exact) mass is 218 g/mol. The lowest BCUT2D eigenvalue weighted by Crippen LogP contribution is -2.31. The van der Waals surface area contributed by atoms with E-state index in [0.29, 0.717) is 31.0 Å². The lowest BCUT2D eigenvalue weighted by atomic mass is 10.0. The Morgan fingerprint density at radius 1 is 1.56 bits per heavy atom. The van der Waals surface area contributed by atoms with Crippen molar-refractivity contribution in [1.29, 1.82) is 5.26 Å². The molecule has 0 spiro atoms. The van der Waals surface area contributed by atoms with Crippen molar-refractivity contribution in [3.8, 4) is 11.9 Å². The van der Waals surface area contributed by atoms with Gasteiger partial charge in [0.05, 0.1) is 6.61 Å². The van der Waals surface area contributed by atoms with E-state index in [4.69, 9.17) is 10.00 Å². The van der Waals surface area contributed by atoms with Crippen LogP contribution in [0.25, 0.3) is 0 Å². The van der Waals surface area contributed by atoms with Gasteiger partial charge in [-0.25, -0.2) is 0 Å². The third-order valence-corrected chi connectivity index (χ3v) is 3.02. The van der Waals surface area contributed by atoms with E-state index in [0.717, 1.165) is 17.5 Å². The Morgan fingerprint density at radius 2 is 2.31 bits per heavy atom. The minimum absolute atomic E-state index is 0.00583. The molecule has 2 heterocycles. The molecule has 0 radical (unpaired) electrons. The zero-order valence-electron chi connectivity index (χ0n) is 9.54. The molecule has 0 saturated heterocycles. The van der Waals surface area contributed by atoms with Crippen LogP contribution in [0.15, 0.2) is 4.79 Å². The lowest BCUT2D eigenvalue weighted by Gasteiger charge is -2.22. The van der Waals surface area contributed by atoms with Crippen LogP contribution in [-0.2, 0) is 13.0 Å². The van der Waals surface area contributed by atoms with E-state index in [-0.39, 0.29) is 5.56 Å². The van der Waals surface area contributed by atoms with E-state index < -0.39 is 0 Å². The molecule has 0 atom stereocenters. The van der Waals surface area contributed by atoms with Gasteiger partial charge in [0, 0.05) is 12.1 Å². The second-order valence-electron chi connectivity index (χ2n) is 3.91. The third-order valence-electron chi connectivity index (χ3n) is 3.02. The van der Waals surface area contributed by atoms with Crippen molar-refractivity contribution in [2.75, 3.05) is 6.61 Å². The lowest BCUT2D eigenvalue weighted by molar-refractivity contribution is 0.233. The van der Waals surface area contributed by atoms with Crippen molar-refractivity contribution in [2.24, 2.45) is 0 Å². The Kier molecular flexibility index (Phi) is 2.69. The summed E-state index contributed by atoms with van der Waals surface area (Å²) in [6.45, 7) is 4.98. The molecule has 2 rings (SSSR count). The van der Waals surface area contributed by atoms with E-state index in [1.54, 1.807) is 4.57 Å². The first kappa shape index (κ1) is 10.7. The summed E-state index contributed by atoms with van der Waals surface area (Å²) in [6.07, 6.45) is 1.48. The van der Waals surface area contributed by atoms with Gasteiger partial charge in [0.2, 0.25) is 5.88 Å². The van der Waals surface area contributed by atoms with E-state index in [1.807, 2.05) is 13.8 Å². The minimum Gasteiger partial charge on any atom is -0.478 e. The molecule has 1 aromatic rings. The fourth-order valence-corrected chi connectivity index (χ4v) is 2.15. The quantitative estimate of drug-likeness (QED) is 0.715. The van der Waals surface area contributed by atoms with Gasteiger partial charge in [0.15, 0.2) is 0 Å². The van der Waals surface area contributed by atoms with Crippen LogP contribution in [0.3, 0.4) is 0 Å². The zero-order valence-corrected chi connectivity index (χ0v) is 9.54. The van der Waals surface area contributed by atoms with Gasteiger partial charge >= 0.3 is 0 Å². The highest BCUT2D eigenvalue weighted by atomic mass is 16.5. The number of aromatic nitrogens is 1. The van der Waals surface area contributed by atoms with Crippen molar-refractivity contribution in [1.82, 2.24) is 4.57 Å². The minimum atomic E-state index is -0.00583. The average Bonchev–Trinajstić information content (AvgIpc) is 2.30.